The zero-order chi connectivity index (χ0) is 40.2. The van der Waals surface area contributed by atoms with Crippen LogP contribution in [0.25, 0.3) is 33.2 Å². The molecule has 12 heteroatoms. The molecule has 4 aliphatic rings. The average Bonchev–Trinajstić information content (AvgIpc) is 4.07. The highest BCUT2D eigenvalue weighted by Gasteiger charge is 2.41. The summed E-state index contributed by atoms with van der Waals surface area (Å²) in [6.07, 6.45) is 5.29. The number of nitrogens with zero attached hydrogens (tertiary/aromatic N) is 4. The average molecular weight is 780 g/mol. The van der Waals surface area contributed by atoms with E-state index in [4.69, 9.17) is 25.2 Å². The number of likely N-dealkylation sites (tertiary alicyclic amines) is 2. The molecule has 0 aliphatic carbocycles. The minimum Gasteiger partial charge on any atom is -0.488 e. The summed E-state index contributed by atoms with van der Waals surface area (Å²) in [5.41, 5.74) is 15.5. The first-order valence-corrected chi connectivity index (χ1v) is 20.4. The van der Waals surface area contributed by atoms with Gasteiger partial charge in [-0.1, -0.05) is 62.4 Å². The second kappa shape index (κ2) is 15.1. The number of nitrogens with one attached hydrogen (secondary N) is 2. The monoisotopic (exact) mass is 779 g/mol. The van der Waals surface area contributed by atoms with Gasteiger partial charge in [0.25, 0.3) is 0 Å². The van der Waals surface area contributed by atoms with E-state index in [1.54, 1.807) is 0 Å². The third-order valence-corrected chi connectivity index (χ3v) is 12.5. The van der Waals surface area contributed by atoms with E-state index in [0.29, 0.717) is 19.6 Å². The molecule has 0 spiro atoms. The number of nitrogens with two attached hydrogens (primary N) is 1. The van der Waals surface area contributed by atoms with Crippen LogP contribution < -0.4 is 15.8 Å². The maximum absolute atomic E-state index is 13.8. The summed E-state index contributed by atoms with van der Waals surface area (Å²) >= 11 is 0. The lowest BCUT2D eigenvalue weighted by Crippen LogP contribution is -2.52. The third kappa shape index (κ3) is 6.58. The molecular formula is C46H49N7O5. The molecule has 12 nitrogen and oxygen atoms in total. The lowest BCUT2D eigenvalue weighted by molar-refractivity contribution is -0.137. The standard InChI is InChI=1S/C46H49N7O5/c1-25(2)42(51-46(56)57-4)45(55)53-26(3)12-17-39(53)43-48-23-37(50-43)29-13-15-31-30(19-29)24-58-40-22-32-28(20-34(31)40)14-16-35-33(32)21-36(49-35)38-11-8-18-52(38)44(54)41(47)27-9-6-5-7-10-27/h5-7,9-10,13-16,19-20,22-23,25-26,38-39,41-42H,8,11-12,17-18,21,24,47H2,1-4H3,(H,48,50)(H,51,56)/t26-,38-,39-,41+,42-/m0/s1. The fraction of sp³-hybridized carbons (Fsp3) is 0.370. The molecule has 5 heterocycles. The van der Waals surface area contributed by atoms with Crippen molar-refractivity contribution in [2.75, 3.05) is 13.7 Å². The molecule has 0 bridgehead atoms. The van der Waals surface area contributed by atoms with Crippen LogP contribution in [-0.4, -0.2) is 75.2 Å². The van der Waals surface area contributed by atoms with Crippen molar-refractivity contribution in [1.29, 1.82) is 0 Å². The summed E-state index contributed by atoms with van der Waals surface area (Å²) in [5, 5.41) is 4.96. The van der Waals surface area contributed by atoms with Crippen molar-refractivity contribution in [1.82, 2.24) is 25.1 Å². The van der Waals surface area contributed by atoms with Gasteiger partial charge in [0, 0.05) is 30.3 Å². The van der Waals surface area contributed by atoms with E-state index in [1.165, 1.54) is 7.11 Å². The molecule has 0 saturated carbocycles. The van der Waals surface area contributed by atoms with Crippen LogP contribution in [0.5, 0.6) is 5.75 Å². The first kappa shape index (κ1) is 37.6. The summed E-state index contributed by atoms with van der Waals surface area (Å²) < 4.78 is 11.3. The van der Waals surface area contributed by atoms with Gasteiger partial charge in [-0.05, 0) is 101 Å². The second-order valence-electron chi connectivity index (χ2n) is 16.4. The Hall–Kier alpha value is -6.01. The molecule has 2 fully saturated rings. The number of methoxy groups -OCH3 is 1. The van der Waals surface area contributed by atoms with E-state index in [1.807, 2.05) is 67.1 Å². The van der Waals surface area contributed by atoms with E-state index >= 15 is 0 Å². The molecular weight excluding hydrogens is 731 g/mol. The van der Waals surface area contributed by atoms with Crippen LogP contribution in [0.2, 0.25) is 0 Å². The molecule has 4 aliphatic heterocycles. The number of rotatable bonds is 8. The quantitative estimate of drug-likeness (QED) is 0.147. The van der Waals surface area contributed by atoms with E-state index in [-0.39, 0.29) is 35.9 Å². The van der Waals surface area contributed by atoms with Gasteiger partial charge in [0.2, 0.25) is 11.8 Å². The number of imidazole rings is 1. The SMILES string of the molecule is COC(=O)N[C@H](C(=O)N1[C@@H](C)CC[C@H]1c1ncc(-c2ccc3c(c2)COc2cc4c5c(ccc4cc2-3)N=C([C@@H]2CCCN2C(=O)[C@H](N)c2ccccc2)C5)[nH]1)C(C)C. The molecule has 58 heavy (non-hydrogen) atoms. The van der Waals surface area contributed by atoms with Gasteiger partial charge < -0.3 is 35.3 Å². The number of aromatic nitrogens is 2. The Balaban J connectivity index is 0.934. The Morgan fingerprint density at radius 3 is 2.59 bits per heavy atom. The number of ether oxygens (including phenoxy) is 2. The Kier molecular flexibility index (Phi) is 9.75. The fourth-order valence-corrected chi connectivity index (χ4v) is 9.39. The van der Waals surface area contributed by atoms with E-state index in [0.717, 1.165) is 98.5 Å². The van der Waals surface area contributed by atoms with Crippen LogP contribution in [0.4, 0.5) is 10.5 Å². The van der Waals surface area contributed by atoms with Gasteiger partial charge in [0.05, 0.1) is 36.8 Å². The van der Waals surface area contributed by atoms with Crippen molar-refractivity contribution >= 4 is 40.1 Å². The molecule has 4 aromatic carbocycles. The summed E-state index contributed by atoms with van der Waals surface area (Å²) in [6, 6.07) is 22.9. The Bertz CT molecular complexity index is 2460. The van der Waals surface area contributed by atoms with Crippen LogP contribution in [0.1, 0.15) is 81.1 Å². The smallest absolute Gasteiger partial charge is 0.407 e. The minimum atomic E-state index is -0.706. The number of benzene rings is 4. The lowest BCUT2D eigenvalue weighted by atomic mass is 9.90. The molecule has 4 N–H and O–H groups in total. The number of hydrogen-bond donors (Lipinski definition) is 3. The first-order chi connectivity index (χ1) is 28.1. The van der Waals surface area contributed by atoms with Gasteiger partial charge in [-0.3, -0.25) is 14.6 Å². The Morgan fingerprint density at radius 1 is 0.966 bits per heavy atom. The second-order valence-corrected chi connectivity index (χ2v) is 16.4. The Labute approximate surface area is 337 Å². The number of aromatic amines is 1. The van der Waals surface area contributed by atoms with Gasteiger partial charge in [-0.2, -0.15) is 0 Å². The van der Waals surface area contributed by atoms with Gasteiger partial charge in [-0.15, -0.1) is 0 Å². The van der Waals surface area contributed by atoms with E-state index in [9.17, 15) is 14.4 Å². The van der Waals surface area contributed by atoms with Crippen molar-refractivity contribution in [2.45, 2.75) is 89.7 Å². The molecule has 2 saturated heterocycles. The fourth-order valence-electron chi connectivity index (χ4n) is 9.39. The zero-order valence-electron chi connectivity index (χ0n) is 33.3. The number of carbonyl (C=O) groups excluding carboxylic acids is 3. The van der Waals surface area contributed by atoms with Crippen LogP contribution in [-0.2, 0) is 27.4 Å². The topological polar surface area (TPSA) is 155 Å². The highest BCUT2D eigenvalue weighted by molar-refractivity contribution is 6.06. The summed E-state index contributed by atoms with van der Waals surface area (Å²) in [5.74, 6) is 1.25. The molecule has 298 valence electrons. The number of alkyl carbamates (subject to hydrolysis) is 1. The first-order valence-electron chi connectivity index (χ1n) is 20.4. The number of hydrogen-bond acceptors (Lipinski definition) is 8. The molecule has 3 amide bonds. The lowest BCUT2D eigenvalue weighted by Gasteiger charge is -2.32. The predicted molar refractivity (Wildman–Crippen MR) is 223 cm³/mol. The molecule has 5 atom stereocenters. The highest BCUT2D eigenvalue weighted by atomic mass is 16.5. The van der Waals surface area contributed by atoms with Gasteiger partial charge in [0.1, 0.15) is 30.3 Å². The molecule has 5 aromatic rings. The molecule has 0 radical (unpaired) electrons. The number of aliphatic imine (C=N–C) groups is 1. The third-order valence-electron chi connectivity index (χ3n) is 12.5. The largest absolute Gasteiger partial charge is 0.488 e. The van der Waals surface area contributed by atoms with Crippen molar-refractivity contribution in [3.8, 4) is 28.1 Å². The number of H-pyrrole nitrogens is 1. The summed E-state index contributed by atoms with van der Waals surface area (Å²) in [7, 11) is 1.30. The van der Waals surface area contributed by atoms with E-state index in [2.05, 4.69) is 52.8 Å². The summed E-state index contributed by atoms with van der Waals surface area (Å²) in [6.45, 7) is 6.97. The maximum Gasteiger partial charge on any atom is 0.407 e. The molecule has 9 rings (SSSR count). The predicted octanol–water partition coefficient (Wildman–Crippen LogP) is 7.54. The zero-order valence-corrected chi connectivity index (χ0v) is 33.3. The van der Waals surface area contributed by atoms with Crippen LogP contribution in [0.15, 0.2) is 84.0 Å². The van der Waals surface area contributed by atoms with Crippen molar-refractivity contribution in [2.24, 2.45) is 16.6 Å². The van der Waals surface area contributed by atoms with Gasteiger partial charge in [-0.25, -0.2) is 9.78 Å². The molecule has 0 unspecified atom stereocenters. The maximum atomic E-state index is 13.8. The van der Waals surface area contributed by atoms with Gasteiger partial charge in [0.15, 0.2) is 0 Å². The van der Waals surface area contributed by atoms with Crippen molar-refractivity contribution < 1.29 is 23.9 Å². The van der Waals surface area contributed by atoms with E-state index < -0.39 is 18.2 Å². The number of amides is 3. The van der Waals surface area contributed by atoms with Crippen LogP contribution in [0.3, 0.4) is 0 Å². The number of fused-ring (bicyclic) bond motifs is 6. The summed E-state index contributed by atoms with van der Waals surface area (Å²) in [4.78, 5) is 56.8. The minimum absolute atomic E-state index is 0.00243. The van der Waals surface area contributed by atoms with Crippen molar-refractivity contribution in [3.05, 3.63) is 102 Å². The van der Waals surface area contributed by atoms with Gasteiger partial charge >= 0.3 is 6.09 Å². The normalized spacial score (nSPS) is 20.6. The highest BCUT2D eigenvalue weighted by Crippen LogP contribution is 2.45. The van der Waals surface area contributed by atoms with Crippen LogP contribution in [0, 0.1) is 5.92 Å². The molecule has 1 aromatic heterocycles. The van der Waals surface area contributed by atoms with Crippen molar-refractivity contribution in [3.63, 3.8) is 0 Å². The Morgan fingerprint density at radius 2 is 1.79 bits per heavy atom. The van der Waals surface area contributed by atoms with Crippen LogP contribution >= 0.6 is 0 Å². The number of carbonyl (C=O) groups is 3.